The number of methoxy groups -OCH3 is 1. The van der Waals surface area contributed by atoms with Crippen molar-refractivity contribution in [2.75, 3.05) is 20.2 Å². The summed E-state index contributed by atoms with van der Waals surface area (Å²) >= 11 is 0. The fraction of sp³-hybridized carbons (Fsp3) is 1.00. The summed E-state index contributed by atoms with van der Waals surface area (Å²) in [7, 11) is 1.80. The fourth-order valence-electron chi connectivity index (χ4n) is 2.34. The third-order valence-electron chi connectivity index (χ3n) is 4.58. The molecule has 3 nitrogen and oxygen atoms in total. The van der Waals surface area contributed by atoms with Gasteiger partial charge in [-0.15, -0.1) is 0 Å². The Bertz CT molecular complexity index is 224. The van der Waals surface area contributed by atoms with E-state index < -0.39 is 0 Å². The Morgan fingerprint density at radius 2 is 2.12 bits per heavy atom. The molecule has 0 saturated heterocycles. The first-order chi connectivity index (χ1) is 7.39. The molecule has 1 aliphatic carbocycles. The highest BCUT2D eigenvalue weighted by Gasteiger charge is 2.48. The Labute approximate surface area is 100 Å². The van der Waals surface area contributed by atoms with E-state index in [-0.39, 0.29) is 10.8 Å². The first kappa shape index (κ1) is 13.9. The second kappa shape index (κ2) is 5.03. The topological polar surface area (TPSA) is 47.3 Å². The lowest BCUT2D eigenvalue weighted by molar-refractivity contribution is -0.0992. The summed E-state index contributed by atoms with van der Waals surface area (Å²) in [6.45, 7) is 10.8. The van der Waals surface area contributed by atoms with Crippen LogP contribution < -0.4 is 11.1 Å². The lowest BCUT2D eigenvalue weighted by Crippen LogP contribution is -2.62. The van der Waals surface area contributed by atoms with Gasteiger partial charge < -0.3 is 15.8 Å². The summed E-state index contributed by atoms with van der Waals surface area (Å²) in [4.78, 5) is 0. The highest BCUT2D eigenvalue weighted by Crippen LogP contribution is 2.42. The Balaban J connectivity index is 2.41. The van der Waals surface area contributed by atoms with Gasteiger partial charge in [0.25, 0.3) is 0 Å². The molecule has 3 atom stereocenters. The summed E-state index contributed by atoms with van der Waals surface area (Å²) in [6, 6.07) is 0.565. The van der Waals surface area contributed by atoms with Gasteiger partial charge in [-0.25, -0.2) is 0 Å². The van der Waals surface area contributed by atoms with Crippen LogP contribution >= 0.6 is 0 Å². The molecule has 1 rings (SSSR count). The van der Waals surface area contributed by atoms with E-state index in [1.165, 1.54) is 0 Å². The molecule has 0 bridgehead atoms. The fourth-order valence-corrected chi connectivity index (χ4v) is 2.34. The minimum absolute atomic E-state index is 0.230. The van der Waals surface area contributed by atoms with Crippen LogP contribution in [-0.4, -0.2) is 32.3 Å². The SMILES string of the molecule is CCC(C)(CN)CNC1CC(OC)C1(C)C. The summed E-state index contributed by atoms with van der Waals surface area (Å²) in [5.41, 5.74) is 6.30. The monoisotopic (exact) mass is 228 g/mol. The van der Waals surface area contributed by atoms with Crippen molar-refractivity contribution in [1.29, 1.82) is 0 Å². The second-order valence-electron chi connectivity index (χ2n) is 6.08. The minimum atomic E-state index is 0.230. The van der Waals surface area contributed by atoms with Crippen molar-refractivity contribution in [3.8, 4) is 0 Å². The molecule has 96 valence electrons. The van der Waals surface area contributed by atoms with Crippen molar-refractivity contribution in [3.05, 3.63) is 0 Å². The average molecular weight is 228 g/mol. The maximum Gasteiger partial charge on any atom is 0.0652 e. The quantitative estimate of drug-likeness (QED) is 0.728. The molecule has 3 N–H and O–H groups in total. The van der Waals surface area contributed by atoms with Gasteiger partial charge in [0.15, 0.2) is 0 Å². The molecule has 0 amide bonds. The summed E-state index contributed by atoms with van der Waals surface area (Å²) in [5.74, 6) is 0. The van der Waals surface area contributed by atoms with E-state index >= 15 is 0 Å². The molecule has 1 saturated carbocycles. The maximum atomic E-state index is 5.82. The first-order valence-electron chi connectivity index (χ1n) is 6.36. The van der Waals surface area contributed by atoms with E-state index in [1.807, 2.05) is 0 Å². The molecule has 3 heteroatoms. The van der Waals surface area contributed by atoms with E-state index in [4.69, 9.17) is 10.5 Å². The molecule has 0 heterocycles. The molecular weight excluding hydrogens is 200 g/mol. The molecule has 0 aliphatic heterocycles. The molecule has 0 spiro atoms. The Morgan fingerprint density at radius 3 is 2.50 bits per heavy atom. The minimum Gasteiger partial charge on any atom is -0.381 e. The van der Waals surface area contributed by atoms with Crippen molar-refractivity contribution in [2.24, 2.45) is 16.6 Å². The van der Waals surface area contributed by atoms with E-state index in [0.717, 1.165) is 25.9 Å². The normalized spacial score (nSPS) is 31.9. The van der Waals surface area contributed by atoms with Gasteiger partial charge in [-0.2, -0.15) is 0 Å². The van der Waals surface area contributed by atoms with E-state index in [2.05, 4.69) is 33.0 Å². The van der Waals surface area contributed by atoms with E-state index in [0.29, 0.717) is 12.1 Å². The Hall–Kier alpha value is -0.120. The van der Waals surface area contributed by atoms with Crippen LogP contribution in [0.25, 0.3) is 0 Å². The van der Waals surface area contributed by atoms with Crippen LogP contribution in [0.3, 0.4) is 0 Å². The van der Waals surface area contributed by atoms with Gasteiger partial charge in [0.05, 0.1) is 6.10 Å². The predicted octanol–water partition coefficient (Wildman–Crippen LogP) is 1.76. The Morgan fingerprint density at radius 1 is 1.50 bits per heavy atom. The highest BCUT2D eigenvalue weighted by molar-refractivity contribution is 5.03. The molecule has 0 aromatic heterocycles. The van der Waals surface area contributed by atoms with Crippen LogP contribution in [-0.2, 0) is 4.74 Å². The standard InChI is InChI=1S/C13H28N2O/c1-6-13(4,8-14)9-15-10-7-11(16-5)12(10,2)3/h10-11,15H,6-9,14H2,1-5H3. The van der Waals surface area contributed by atoms with E-state index in [1.54, 1.807) is 7.11 Å². The van der Waals surface area contributed by atoms with Crippen molar-refractivity contribution in [3.63, 3.8) is 0 Å². The highest BCUT2D eigenvalue weighted by atomic mass is 16.5. The molecule has 3 unspecified atom stereocenters. The maximum absolute atomic E-state index is 5.82. The largest absolute Gasteiger partial charge is 0.381 e. The summed E-state index contributed by atoms with van der Waals surface area (Å²) in [5, 5.41) is 3.66. The zero-order chi connectivity index (χ0) is 12.4. The zero-order valence-corrected chi connectivity index (χ0v) is 11.5. The summed E-state index contributed by atoms with van der Waals surface area (Å²) < 4.78 is 5.45. The zero-order valence-electron chi connectivity index (χ0n) is 11.5. The Kier molecular flexibility index (Phi) is 4.38. The molecule has 0 radical (unpaired) electrons. The van der Waals surface area contributed by atoms with Gasteiger partial charge in [-0.05, 0) is 24.8 Å². The van der Waals surface area contributed by atoms with Crippen LogP contribution in [0.1, 0.15) is 40.5 Å². The lowest BCUT2D eigenvalue weighted by Gasteiger charge is -2.52. The van der Waals surface area contributed by atoms with Crippen molar-refractivity contribution in [2.45, 2.75) is 52.7 Å². The van der Waals surface area contributed by atoms with E-state index in [9.17, 15) is 0 Å². The van der Waals surface area contributed by atoms with Crippen molar-refractivity contribution in [1.82, 2.24) is 5.32 Å². The van der Waals surface area contributed by atoms with Crippen LogP contribution in [0, 0.1) is 10.8 Å². The molecule has 0 aromatic rings. The number of nitrogens with one attached hydrogen (secondary N) is 1. The molecule has 1 fully saturated rings. The molecule has 1 aliphatic rings. The van der Waals surface area contributed by atoms with Crippen molar-refractivity contribution < 1.29 is 4.74 Å². The van der Waals surface area contributed by atoms with Crippen LogP contribution in [0.5, 0.6) is 0 Å². The lowest BCUT2D eigenvalue weighted by atomic mass is 9.64. The van der Waals surface area contributed by atoms with Crippen LogP contribution in [0.2, 0.25) is 0 Å². The van der Waals surface area contributed by atoms with Gasteiger partial charge in [0.2, 0.25) is 0 Å². The predicted molar refractivity (Wildman–Crippen MR) is 68.4 cm³/mol. The average Bonchev–Trinajstić information content (AvgIpc) is 2.27. The first-order valence-corrected chi connectivity index (χ1v) is 6.36. The van der Waals surface area contributed by atoms with Gasteiger partial charge >= 0.3 is 0 Å². The molecule has 0 aromatic carbocycles. The second-order valence-corrected chi connectivity index (χ2v) is 6.08. The number of ether oxygens (including phenoxy) is 1. The number of hydrogen-bond acceptors (Lipinski definition) is 3. The molecule has 16 heavy (non-hydrogen) atoms. The van der Waals surface area contributed by atoms with Gasteiger partial charge in [-0.3, -0.25) is 0 Å². The van der Waals surface area contributed by atoms with Gasteiger partial charge in [-0.1, -0.05) is 27.7 Å². The third-order valence-corrected chi connectivity index (χ3v) is 4.58. The molecular formula is C13H28N2O. The summed E-state index contributed by atoms with van der Waals surface area (Å²) in [6.07, 6.45) is 2.64. The number of hydrogen-bond donors (Lipinski definition) is 2. The smallest absolute Gasteiger partial charge is 0.0652 e. The van der Waals surface area contributed by atoms with Crippen LogP contribution in [0.4, 0.5) is 0 Å². The van der Waals surface area contributed by atoms with Gasteiger partial charge in [0.1, 0.15) is 0 Å². The van der Waals surface area contributed by atoms with Crippen LogP contribution in [0.15, 0.2) is 0 Å². The van der Waals surface area contributed by atoms with Crippen molar-refractivity contribution >= 4 is 0 Å². The number of rotatable bonds is 6. The third kappa shape index (κ3) is 2.58. The number of nitrogens with two attached hydrogens (primary N) is 1. The van der Waals surface area contributed by atoms with Gasteiger partial charge in [0, 0.05) is 25.1 Å².